The number of amides is 3. The van der Waals surface area contributed by atoms with Crippen LogP contribution in [-0.2, 0) is 20.9 Å². The number of nitrogens with one attached hydrogen (secondary N) is 2. The second kappa shape index (κ2) is 11.8. The van der Waals surface area contributed by atoms with Crippen LogP contribution in [0.4, 0.5) is 10.2 Å². The highest BCUT2D eigenvalue weighted by atomic mass is 79.9. The summed E-state index contributed by atoms with van der Waals surface area (Å²) >= 11 is 3.23. The maximum Gasteiger partial charge on any atom is 0.251 e. The number of alkyl halides is 1. The zero-order chi connectivity index (χ0) is 30.1. The molecule has 11 nitrogen and oxygen atoms in total. The van der Waals surface area contributed by atoms with Crippen LogP contribution >= 0.6 is 15.9 Å². The van der Waals surface area contributed by atoms with Crippen molar-refractivity contribution < 1.29 is 23.6 Å². The second-order valence-corrected chi connectivity index (χ2v) is 10.9. The molecule has 1 fully saturated rings. The minimum atomic E-state index is -1.86. The van der Waals surface area contributed by atoms with Crippen molar-refractivity contribution >= 4 is 56.2 Å². The minimum Gasteiger partial charge on any atom is -0.349 e. The van der Waals surface area contributed by atoms with E-state index in [0.717, 1.165) is 16.0 Å². The molecular formula is C29H27BrFN7O4. The molecule has 0 unspecified atom stereocenters. The number of carbonyl (C=O) groups is 4. The third-order valence-corrected chi connectivity index (χ3v) is 7.48. The number of hydrogen-bond acceptors (Lipinski definition) is 7. The summed E-state index contributed by atoms with van der Waals surface area (Å²) < 4.78 is 17.7. The predicted octanol–water partition coefficient (Wildman–Crippen LogP) is 3.46. The summed E-state index contributed by atoms with van der Waals surface area (Å²) in [4.78, 5) is 65.0. The van der Waals surface area contributed by atoms with E-state index in [1.54, 1.807) is 48.3 Å². The molecule has 3 aromatic heterocycles. The minimum absolute atomic E-state index is 0.175. The molecular weight excluding hydrogens is 609 g/mol. The van der Waals surface area contributed by atoms with E-state index in [1.165, 1.54) is 19.9 Å². The highest BCUT2D eigenvalue weighted by Crippen LogP contribution is 2.29. The Morgan fingerprint density at radius 1 is 1.07 bits per heavy atom. The lowest BCUT2D eigenvalue weighted by Crippen LogP contribution is -2.48. The SMILES string of the molecule is CC(=O)N[C@@H]1CN(C(=O)Cn2cc(C(C)=O)c3cc(-c4cnc(C)nc4)ccc32)[C@H](C(=O)Nc2cccc(Br)n2)[C@H]1F. The van der Waals surface area contributed by atoms with E-state index in [0.29, 0.717) is 26.9 Å². The van der Waals surface area contributed by atoms with Gasteiger partial charge in [0.05, 0.1) is 6.04 Å². The molecule has 5 rings (SSSR count). The number of rotatable bonds is 7. The highest BCUT2D eigenvalue weighted by molar-refractivity contribution is 9.10. The van der Waals surface area contributed by atoms with Gasteiger partial charge in [-0.25, -0.2) is 19.3 Å². The van der Waals surface area contributed by atoms with Crippen LogP contribution in [-0.4, -0.2) is 72.7 Å². The number of hydrogen-bond donors (Lipinski definition) is 2. The van der Waals surface area contributed by atoms with E-state index in [2.05, 4.69) is 41.5 Å². The van der Waals surface area contributed by atoms with E-state index in [9.17, 15) is 19.2 Å². The lowest BCUT2D eigenvalue weighted by molar-refractivity contribution is -0.138. The summed E-state index contributed by atoms with van der Waals surface area (Å²) in [5.41, 5.74) is 2.58. The monoisotopic (exact) mass is 635 g/mol. The molecule has 0 radical (unpaired) electrons. The van der Waals surface area contributed by atoms with Crippen molar-refractivity contribution in [2.24, 2.45) is 0 Å². The molecule has 1 aliphatic rings. The number of nitrogens with zero attached hydrogens (tertiary/aromatic N) is 5. The number of halogens is 2. The van der Waals surface area contributed by atoms with Gasteiger partial charge in [0, 0.05) is 54.1 Å². The van der Waals surface area contributed by atoms with Crippen LogP contribution in [0.25, 0.3) is 22.0 Å². The van der Waals surface area contributed by atoms with Crippen LogP contribution in [0, 0.1) is 6.92 Å². The molecule has 0 aliphatic carbocycles. The zero-order valence-electron chi connectivity index (χ0n) is 23.0. The van der Waals surface area contributed by atoms with Gasteiger partial charge in [0.1, 0.15) is 28.8 Å². The Morgan fingerprint density at radius 3 is 2.48 bits per heavy atom. The molecule has 0 spiro atoms. The Hall–Kier alpha value is -4.52. The van der Waals surface area contributed by atoms with Crippen molar-refractivity contribution in [3.05, 3.63) is 71.0 Å². The van der Waals surface area contributed by atoms with Gasteiger partial charge in [0.2, 0.25) is 11.8 Å². The van der Waals surface area contributed by atoms with Gasteiger partial charge in [-0.15, -0.1) is 0 Å². The van der Waals surface area contributed by atoms with Crippen LogP contribution in [0.2, 0.25) is 0 Å². The summed E-state index contributed by atoms with van der Waals surface area (Å²) in [7, 11) is 0. The fraction of sp³-hybridized carbons (Fsp3) is 0.276. The summed E-state index contributed by atoms with van der Waals surface area (Å²) in [6.07, 6.45) is 3.10. The number of fused-ring (bicyclic) bond motifs is 1. The first-order valence-corrected chi connectivity index (χ1v) is 13.9. The van der Waals surface area contributed by atoms with Crippen LogP contribution in [0.5, 0.6) is 0 Å². The summed E-state index contributed by atoms with van der Waals surface area (Å²) in [5.74, 6) is -1.21. The Morgan fingerprint density at radius 2 is 1.81 bits per heavy atom. The number of likely N-dealkylation sites (tertiary alicyclic amines) is 1. The normalized spacial score (nSPS) is 18.2. The van der Waals surface area contributed by atoms with Crippen LogP contribution in [0.1, 0.15) is 30.0 Å². The van der Waals surface area contributed by atoms with Crippen molar-refractivity contribution in [3.8, 4) is 11.1 Å². The molecule has 13 heteroatoms. The molecule has 1 aromatic carbocycles. The molecule has 3 atom stereocenters. The Balaban J connectivity index is 1.45. The summed E-state index contributed by atoms with van der Waals surface area (Å²) in [6.45, 7) is 3.98. The van der Waals surface area contributed by atoms with Gasteiger partial charge in [0.25, 0.3) is 5.91 Å². The second-order valence-electron chi connectivity index (χ2n) is 10.1. The Kier molecular flexibility index (Phi) is 8.12. The lowest BCUT2D eigenvalue weighted by Gasteiger charge is -2.24. The van der Waals surface area contributed by atoms with E-state index in [-0.39, 0.29) is 24.7 Å². The average Bonchev–Trinajstić information content (AvgIpc) is 3.46. The molecule has 0 saturated carbocycles. The first kappa shape index (κ1) is 29.0. The fourth-order valence-electron chi connectivity index (χ4n) is 5.09. The average molecular weight is 636 g/mol. The molecule has 0 bridgehead atoms. The lowest BCUT2D eigenvalue weighted by atomic mass is 10.0. The predicted molar refractivity (Wildman–Crippen MR) is 156 cm³/mol. The first-order valence-electron chi connectivity index (χ1n) is 13.1. The van der Waals surface area contributed by atoms with E-state index < -0.39 is 36.0 Å². The van der Waals surface area contributed by atoms with E-state index in [1.807, 2.05) is 12.1 Å². The third kappa shape index (κ3) is 5.91. The fourth-order valence-corrected chi connectivity index (χ4v) is 5.44. The van der Waals surface area contributed by atoms with Crippen molar-refractivity contribution in [3.63, 3.8) is 0 Å². The molecule has 2 N–H and O–H groups in total. The van der Waals surface area contributed by atoms with Gasteiger partial charge in [-0.05, 0) is 59.6 Å². The molecule has 42 heavy (non-hydrogen) atoms. The maximum atomic E-state index is 15.6. The zero-order valence-corrected chi connectivity index (χ0v) is 24.6. The number of anilines is 1. The highest BCUT2D eigenvalue weighted by Gasteiger charge is 2.49. The van der Waals surface area contributed by atoms with Crippen molar-refractivity contribution in [1.82, 2.24) is 29.7 Å². The molecule has 1 saturated heterocycles. The number of aryl methyl sites for hydroxylation is 1. The van der Waals surface area contributed by atoms with E-state index in [4.69, 9.17) is 0 Å². The van der Waals surface area contributed by atoms with Crippen LogP contribution < -0.4 is 10.6 Å². The van der Waals surface area contributed by atoms with Gasteiger partial charge in [-0.3, -0.25) is 19.2 Å². The number of pyridine rings is 1. The van der Waals surface area contributed by atoms with E-state index >= 15 is 4.39 Å². The van der Waals surface area contributed by atoms with Crippen molar-refractivity contribution in [2.75, 3.05) is 11.9 Å². The summed E-state index contributed by atoms with van der Waals surface area (Å²) in [6, 6.07) is 7.72. The number of aromatic nitrogens is 4. The molecule has 1 aliphatic heterocycles. The standard InChI is InChI=1S/C29H27BrFN7O4/c1-15(39)21-12-37(23-8-7-18(9-20(21)23)19-10-32-16(2)33-11-19)14-26(41)38-13-22(34-17(3)40)27(31)28(38)29(42)36-25-6-4-5-24(30)35-25/h4-12,22,27-28H,13-14H2,1-3H3,(H,34,40)(H,35,36,42)/t22-,27+,28+/m1/s1. The number of benzene rings is 1. The van der Waals surface area contributed by atoms with Gasteiger partial charge in [-0.1, -0.05) is 12.1 Å². The van der Waals surface area contributed by atoms with Crippen LogP contribution in [0.3, 0.4) is 0 Å². The topological polar surface area (TPSA) is 139 Å². The molecule has 3 amide bonds. The van der Waals surface area contributed by atoms with Crippen molar-refractivity contribution in [2.45, 2.75) is 45.6 Å². The first-order chi connectivity index (χ1) is 20.0. The number of Topliss-reactive ketones (excluding diaryl/α,β-unsaturated/α-hetero) is 1. The smallest absolute Gasteiger partial charge is 0.251 e. The Labute approximate surface area is 248 Å². The molecule has 216 valence electrons. The number of ketones is 1. The maximum absolute atomic E-state index is 15.6. The quantitative estimate of drug-likeness (QED) is 0.234. The van der Waals surface area contributed by atoms with Gasteiger partial charge in [-0.2, -0.15) is 0 Å². The summed E-state index contributed by atoms with van der Waals surface area (Å²) in [5, 5.41) is 5.69. The van der Waals surface area contributed by atoms with Gasteiger partial charge < -0.3 is 20.1 Å². The molecule has 4 heterocycles. The van der Waals surface area contributed by atoms with Crippen LogP contribution in [0.15, 0.2) is 59.6 Å². The molecule has 4 aromatic rings. The van der Waals surface area contributed by atoms with Gasteiger partial charge >= 0.3 is 0 Å². The number of carbonyl (C=O) groups excluding carboxylic acids is 4. The third-order valence-electron chi connectivity index (χ3n) is 7.04. The van der Waals surface area contributed by atoms with Gasteiger partial charge in [0.15, 0.2) is 12.0 Å². The largest absolute Gasteiger partial charge is 0.349 e. The Bertz CT molecular complexity index is 1710. The van der Waals surface area contributed by atoms with Crippen molar-refractivity contribution in [1.29, 1.82) is 0 Å².